The second-order valence-corrected chi connectivity index (χ2v) is 16.2. The van der Waals surface area contributed by atoms with Crippen molar-refractivity contribution in [1.29, 1.82) is 0 Å². The highest BCUT2D eigenvalue weighted by Gasteiger charge is 2.47. The van der Waals surface area contributed by atoms with Crippen molar-refractivity contribution in [3.05, 3.63) is 24.3 Å². The molecule has 2 aliphatic heterocycles. The van der Waals surface area contributed by atoms with E-state index in [-0.39, 0.29) is 25.6 Å². The average Bonchev–Trinajstić information content (AvgIpc) is 3.23. The molecule has 2 saturated heterocycles. The van der Waals surface area contributed by atoms with E-state index in [1.165, 1.54) is 70.6 Å². The van der Waals surface area contributed by atoms with Gasteiger partial charge in [0.05, 0.1) is 26.4 Å². The van der Waals surface area contributed by atoms with Gasteiger partial charge in [-0.15, -0.1) is 0 Å². The van der Waals surface area contributed by atoms with Crippen LogP contribution in [0.3, 0.4) is 0 Å². The molecule has 14 heteroatoms. The minimum atomic E-state index is -1.70. The highest BCUT2D eigenvalue weighted by Crippen LogP contribution is 2.26. The highest BCUT2D eigenvalue weighted by atomic mass is 16.7. The fourth-order valence-electron chi connectivity index (χ4n) is 7.14. The van der Waals surface area contributed by atoms with Gasteiger partial charge in [-0.2, -0.15) is 0 Å². The quantitative estimate of drug-likeness (QED) is 0.0246. The Morgan fingerprint density at radius 3 is 1.66 bits per heavy atom. The van der Waals surface area contributed by atoms with Gasteiger partial charge in [-0.25, -0.2) is 0 Å². The summed E-state index contributed by atoms with van der Waals surface area (Å²) in [5.41, 5.74) is 0. The first-order valence-corrected chi connectivity index (χ1v) is 22.9. The Morgan fingerprint density at radius 2 is 1.05 bits per heavy atom. The number of allylic oxidation sites excluding steroid dienone is 4. The van der Waals surface area contributed by atoms with Crippen LogP contribution in [-0.4, -0.2) is 142 Å². The number of ether oxygens (including phenoxy) is 6. The van der Waals surface area contributed by atoms with E-state index in [1.54, 1.807) is 0 Å². The van der Waals surface area contributed by atoms with E-state index in [1.807, 2.05) is 0 Å². The van der Waals surface area contributed by atoms with Gasteiger partial charge in [0.1, 0.15) is 54.9 Å². The summed E-state index contributed by atoms with van der Waals surface area (Å²) in [6.45, 7) is 3.60. The van der Waals surface area contributed by atoms with Crippen LogP contribution in [0.2, 0.25) is 0 Å². The Bertz CT molecular complexity index is 1080. The second kappa shape index (κ2) is 34.0. The summed E-state index contributed by atoms with van der Waals surface area (Å²) in [5.74, 6) is -0.384. The van der Waals surface area contributed by atoms with Crippen molar-refractivity contribution in [2.75, 3.05) is 33.0 Å². The van der Waals surface area contributed by atoms with Crippen molar-refractivity contribution in [1.82, 2.24) is 0 Å². The molecule has 2 rings (SSSR count). The first kappa shape index (κ1) is 53.6. The lowest BCUT2D eigenvalue weighted by molar-refractivity contribution is -0.332. The predicted octanol–water partition coefficient (Wildman–Crippen LogP) is 5.29. The molecule has 7 N–H and O–H groups in total. The van der Waals surface area contributed by atoms with E-state index in [4.69, 9.17) is 28.4 Å². The SMILES string of the molecule is CCCCC/C=C\C/C=C\CCCCCCCCOCC(COC1OC(COC2OC(CO)C(O)C(O)C2O)C(O)C(O)C1O)OC(=O)CCCCCCCCCCC. The molecule has 0 aliphatic carbocycles. The molecule has 59 heavy (non-hydrogen) atoms. The van der Waals surface area contributed by atoms with Crippen molar-refractivity contribution in [3.8, 4) is 0 Å². The fourth-order valence-corrected chi connectivity index (χ4v) is 7.14. The minimum absolute atomic E-state index is 0.0569. The minimum Gasteiger partial charge on any atom is -0.457 e. The van der Waals surface area contributed by atoms with Gasteiger partial charge in [0.25, 0.3) is 0 Å². The Morgan fingerprint density at radius 1 is 0.559 bits per heavy atom. The van der Waals surface area contributed by atoms with Crippen LogP contribution in [0.1, 0.15) is 155 Å². The third kappa shape index (κ3) is 22.9. The number of hydrogen-bond donors (Lipinski definition) is 7. The van der Waals surface area contributed by atoms with Crippen LogP contribution in [0.15, 0.2) is 24.3 Å². The summed E-state index contributed by atoms with van der Waals surface area (Å²) >= 11 is 0. The molecule has 2 fully saturated rings. The summed E-state index contributed by atoms with van der Waals surface area (Å²) in [7, 11) is 0. The number of carbonyl (C=O) groups is 1. The standard InChI is InChI=1S/C45H82O14/c1-3-5-7-9-11-13-14-15-16-17-18-19-21-23-25-27-29-54-31-34(57-37(47)28-26-24-22-20-12-10-8-6-4-2)32-55-44-43(53)41(51)39(49)36(59-44)33-56-45-42(52)40(50)38(48)35(30-46)58-45/h11,13,15-16,34-36,38-46,48-53H,3-10,12,14,17-33H2,1-2H3/b13-11-,16-15-. The average molecular weight is 847 g/mol. The number of carbonyl (C=O) groups excluding carboxylic acids is 1. The fraction of sp³-hybridized carbons (Fsp3) is 0.889. The summed E-state index contributed by atoms with van der Waals surface area (Å²) in [6.07, 6.45) is 16.8. The summed E-state index contributed by atoms with van der Waals surface area (Å²) < 4.78 is 34.1. The van der Waals surface area contributed by atoms with E-state index in [2.05, 4.69) is 38.2 Å². The van der Waals surface area contributed by atoms with Crippen LogP contribution < -0.4 is 0 Å². The third-order valence-corrected chi connectivity index (χ3v) is 11.0. The Balaban J connectivity index is 1.80. The molecule has 0 aromatic heterocycles. The molecular formula is C45H82O14. The number of esters is 1. The van der Waals surface area contributed by atoms with Crippen LogP contribution in [0.25, 0.3) is 0 Å². The number of hydrogen-bond acceptors (Lipinski definition) is 14. The largest absolute Gasteiger partial charge is 0.457 e. The van der Waals surface area contributed by atoms with E-state index >= 15 is 0 Å². The van der Waals surface area contributed by atoms with Gasteiger partial charge >= 0.3 is 5.97 Å². The maximum Gasteiger partial charge on any atom is 0.306 e. The molecular weight excluding hydrogens is 764 g/mol. The molecule has 0 bridgehead atoms. The third-order valence-electron chi connectivity index (χ3n) is 11.0. The summed E-state index contributed by atoms with van der Waals surface area (Å²) in [4.78, 5) is 12.9. The van der Waals surface area contributed by atoms with Gasteiger partial charge in [0, 0.05) is 13.0 Å². The Hall–Kier alpha value is -1.53. The smallest absolute Gasteiger partial charge is 0.306 e. The molecule has 2 heterocycles. The Labute approximate surface area is 354 Å². The first-order chi connectivity index (χ1) is 28.6. The Kier molecular flexibility index (Phi) is 30.9. The molecule has 11 atom stereocenters. The molecule has 14 nitrogen and oxygen atoms in total. The van der Waals surface area contributed by atoms with Crippen LogP contribution in [0.4, 0.5) is 0 Å². The van der Waals surface area contributed by atoms with Gasteiger partial charge in [0.15, 0.2) is 12.6 Å². The van der Waals surface area contributed by atoms with Gasteiger partial charge < -0.3 is 64.2 Å². The van der Waals surface area contributed by atoms with E-state index < -0.39 is 80.7 Å². The monoisotopic (exact) mass is 847 g/mol. The van der Waals surface area contributed by atoms with Crippen molar-refractivity contribution in [3.63, 3.8) is 0 Å². The van der Waals surface area contributed by atoms with Gasteiger partial charge in [0.2, 0.25) is 0 Å². The lowest BCUT2D eigenvalue weighted by atomic mass is 9.98. The zero-order chi connectivity index (χ0) is 43.1. The van der Waals surface area contributed by atoms with Gasteiger partial charge in [-0.05, 0) is 44.9 Å². The van der Waals surface area contributed by atoms with Crippen LogP contribution in [0, 0.1) is 0 Å². The molecule has 346 valence electrons. The summed E-state index contributed by atoms with van der Waals surface area (Å²) in [5, 5.41) is 71.8. The van der Waals surface area contributed by atoms with E-state index in [0.717, 1.165) is 57.8 Å². The molecule has 11 unspecified atom stereocenters. The first-order valence-electron chi connectivity index (χ1n) is 22.9. The summed E-state index contributed by atoms with van der Waals surface area (Å²) in [6, 6.07) is 0. The molecule has 2 aliphatic rings. The molecule has 0 amide bonds. The lowest BCUT2D eigenvalue weighted by Crippen LogP contribution is -2.61. The van der Waals surface area contributed by atoms with Crippen LogP contribution in [-0.2, 0) is 33.2 Å². The molecule has 0 aromatic rings. The molecule has 0 spiro atoms. The number of aliphatic hydroxyl groups is 7. The van der Waals surface area contributed by atoms with Crippen LogP contribution in [0.5, 0.6) is 0 Å². The predicted molar refractivity (Wildman–Crippen MR) is 224 cm³/mol. The number of unbranched alkanes of at least 4 members (excludes halogenated alkanes) is 17. The zero-order valence-corrected chi connectivity index (χ0v) is 36.2. The van der Waals surface area contributed by atoms with Crippen molar-refractivity contribution in [2.45, 2.75) is 223 Å². The van der Waals surface area contributed by atoms with E-state index in [9.17, 15) is 40.5 Å². The second-order valence-electron chi connectivity index (χ2n) is 16.2. The van der Waals surface area contributed by atoms with Gasteiger partial charge in [-0.1, -0.05) is 128 Å². The lowest BCUT2D eigenvalue weighted by Gasteiger charge is -2.42. The zero-order valence-electron chi connectivity index (χ0n) is 36.2. The topological polar surface area (TPSA) is 214 Å². The number of aliphatic hydroxyl groups excluding tert-OH is 7. The maximum absolute atomic E-state index is 12.9. The van der Waals surface area contributed by atoms with Crippen molar-refractivity contribution >= 4 is 5.97 Å². The molecule has 0 radical (unpaired) electrons. The van der Waals surface area contributed by atoms with Crippen molar-refractivity contribution in [2.24, 2.45) is 0 Å². The number of rotatable bonds is 35. The molecule has 0 saturated carbocycles. The van der Waals surface area contributed by atoms with Crippen molar-refractivity contribution < 1.29 is 69.0 Å². The highest BCUT2D eigenvalue weighted by molar-refractivity contribution is 5.69. The normalized spacial score (nSPS) is 28.2. The van der Waals surface area contributed by atoms with Gasteiger partial charge in [-0.3, -0.25) is 4.79 Å². The maximum atomic E-state index is 12.9. The van der Waals surface area contributed by atoms with E-state index in [0.29, 0.717) is 13.0 Å². The molecule has 0 aromatic carbocycles. The van der Waals surface area contributed by atoms with Crippen LogP contribution >= 0.6 is 0 Å².